The number of aromatic nitrogens is 2. The van der Waals surface area contributed by atoms with Crippen molar-refractivity contribution in [2.24, 2.45) is 0 Å². The minimum absolute atomic E-state index is 0.0834. The predicted octanol–water partition coefficient (Wildman–Crippen LogP) is 3.08. The van der Waals surface area contributed by atoms with E-state index < -0.39 is 6.10 Å². The lowest BCUT2D eigenvalue weighted by Gasteiger charge is -2.16. The Hall–Kier alpha value is -1.86. The van der Waals surface area contributed by atoms with Gasteiger partial charge in [-0.15, -0.1) is 0 Å². The molecule has 3 N–H and O–H groups in total. The molecule has 7 heteroatoms. The first-order chi connectivity index (χ1) is 11.8. The number of aryl methyl sites for hydroxylation is 2. The zero-order valence-corrected chi connectivity index (χ0v) is 16.5. The summed E-state index contributed by atoms with van der Waals surface area (Å²) in [5.74, 6) is 0.644. The summed E-state index contributed by atoms with van der Waals surface area (Å²) in [5, 5.41) is 19.6. The minimum Gasteiger partial charge on any atom is -0.490 e. The summed E-state index contributed by atoms with van der Waals surface area (Å²) in [6.45, 7) is 8.12. The van der Waals surface area contributed by atoms with Crippen LogP contribution in [0.5, 0.6) is 5.75 Å². The first-order valence-electron chi connectivity index (χ1n) is 8.20. The van der Waals surface area contributed by atoms with E-state index in [2.05, 4.69) is 31.4 Å². The number of carbonyl (C=O) groups excluding carboxylic acids is 1. The standard InChI is InChI=1S/C18H24BrN3O3/c1-10(2)15-14(19)16(22-21-15)18(24)20-8-13(23)9-25-17-11(3)6-5-7-12(17)4/h5-7,10,13,23H,8-9H2,1-4H3,(H,20,24)(H,21,22). The second-order valence-corrected chi connectivity index (χ2v) is 7.14. The average molecular weight is 410 g/mol. The second-order valence-electron chi connectivity index (χ2n) is 6.35. The fraction of sp³-hybridized carbons (Fsp3) is 0.444. The van der Waals surface area contributed by atoms with Gasteiger partial charge in [0.1, 0.15) is 18.5 Å². The van der Waals surface area contributed by atoms with Crippen LogP contribution in [-0.2, 0) is 0 Å². The van der Waals surface area contributed by atoms with E-state index in [1.807, 2.05) is 45.9 Å². The van der Waals surface area contributed by atoms with Gasteiger partial charge in [0.15, 0.2) is 5.69 Å². The van der Waals surface area contributed by atoms with Gasteiger partial charge in [0.05, 0.1) is 10.2 Å². The number of aliphatic hydroxyl groups excluding tert-OH is 1. The summed E-state index contributed by atoms with van der Waals surface area (Å²) in [7, 11) is 0. The summed E-state index contributed by atoms with van der Waals surface area (Å²) in [5.41, 5.74) is 3.17. The molecule has 1 aromatic carbocycles. The Kier molecular flexibility index (Phi) is 6.61. The van der Waals surface area contributed by atoms with Gasteiger partial charge in [0, 0.05) is 6.54 Å². The molecule has 0 spiro atoms. The van der Waals surface area contributed by atoms with E-state index >= 15 is 0 Å². The molecule has 1 amide bonds. The molecule has 25 heavy (non-hydrogen) atoms. The van der Waals surface area contributed by atoms with E-state index in [1.165, 1.54) is 0 Å². The number of para-hydroxylation sites is 1. The van der Waals surface area contributed by atoms with E-state index in [1.54, 1.807) is 0 Å². The van der Waals surface area contributed by atoms with E-state index in [9.17, 15) is 9.90 Å². The summed E-state index contributed by atoms with van der Waals surface area (Å²) in [4.78, 5) is 12.2. The van der Waals surface area contributed by atoms with Gasteiger partial charge < -0.3 is 15.2 Å². The minimum atomic E-state index is -0.815. The maximum Gasteiger partial charge on any atom is 0.273 e. The first kappa shape index (κ1) is 19.5. The third kappa shape index (κ3) is 4.83. The maximum atomic E-state index is 12.2. The number of benzene rings is 1. The highest BCUT2D eigenvalue weighted by Gasteiger charge is 2.20. The van der Waals surface area contributed by atoms with Gasteiger partial charge in [-0.05, 0) is 46.8 Å². The Bertz CT molecular complexity index is 723. The zero-order chi connectivity index (χ0) is 18.6. The zero-order valence-electron chi connectivity index (χ0n) is 14.9. The van der Waals surface area contributed by atoms with Crippen molar-refractivity contribution in [1.29, 1.82) is 0 Å². The van der Waals surface area contributed by atoms with Crippen molar-refractivity contribution in [1.82, 2.24) is 15.5 Å². The van der Waals surface area contributed by atoms with Gasteiger partial charge in [-0.3, -0.25) is 9.89 Å². The number of H-pyrrole nitrogens is 1. The topological polar surface area (TPSA) is 87.2 Å². The van der Waals surface area contributed by atoms with Crippen LogP contribution in [0.2, 0.25) is 0 Å². The average Bonchev–Trinajstić information content (AvgIpc) is 2.94. The molecule has 1 atom stereocenters. The summed E-state index contributed by atoms with van der Waals surface area (Å²) < 4.78 is 6.35. The Morgan fingerprint density at radius 2 is 2.00 bits per heavy atom. The molecule has 0 aliphatic rings. The fourth-order valence-corrected chi connectivity index (χ4v) is 3.25. The van der Waals surface area contributed by atoms with Crippen LogP contribution in [0.1, 0.15) is 47.1 Å². The SMILES string of the molecule is Cc1cccc(C)c1OCC(O)CNC(=O)c1n[nH]c(C(C)C)c1Br. The molecule has 0 radical (unpaired) electrons. The molecule has 1 aromatic heterocycles. The van der Waals surface area contributed by atoms with Crippen molar-refractivity contribution in [2.45, 2.75) is 39.7 Å². The molecule has 6 nitrogen and oxygen atoms in total. The highest BCUT2D eigenvalue weighted by molar-refractivity contribution is 9.10. The lowest BCUT2D eigenvalue weighted by atomic mass is 10.1. The number of aromatic amines is 1. The highest BCUT2D eigenvalue weighted by atomic mass is 79.9. The van der Waals surface area contributed by atoms with Gasteiger partial charge in [-0.1, -0.05) is 32.0 Å². The predicted molar refractivity (Wildman–Crippen MR) is 100 cm³/mol. The number of hydrogen-bond acceptors (Lipinski definition) is 4. The molecule has 1 unspecified atom stereocenters. The monoisotopic (exact) mass is 409 g/mol. The van der Waals surface area contributed by atoms with Crippen molar-refractivity contribution in [3.63, 3.8) is 0 Å². The third-order valence-corrected chi connectivity index (χ3v) is 4.65. The number of carbonyl (C=O) groups is 1. The normalized spacial score (nSPS) is 12.3. The van der Waals surface area contributed by atoms with Crippen LogP contribution in [0.25, 0.3) is 0 Å². The Labute approximate surface area is 156 Å². The Morgan fingerprint density at radius 3 is 2.56 bits per heavy atom. The number of halogens is 1. The number of aliphatic hydroxyl groups is 1. The van der Waals surface area contributed by atoms with Gasteiger partial charge in [0.25, 0.3) is 5.91 Å². The van der Waals surface area contributed by atoms with Crippen molar-refractivity contribution in [3.8, 4) is 5.75 Å². The molecule has 2 rings (SSSR count). The van der Waals surface area contributed by atoms with E-state index in [4.69, 9.17) is 4.74 Å². The first-order valence-corrected chi connectivity index (χ1v) is 8.99. The van der Waals surface area contributed by atoms with Crippen molar-refractivity contribution < 1.29 is 14.6 Å². The number of amides is 1. The summed E-state index contributed by atoms with van der Waals surface area (Å²) in [6.07, 6.45) is -0.815. The number of ether oxygens (including phenoxy) is 1. The van der Waals surface area contributed by atoms with Gasteiger partial charge in [-0.2, -0.15) is 5.10 Å². The van der Waals surface area contributed by atoms with Gasteiger partial charge in [-0.25, -0.2) is 0 Å². The molecule has 136 valence electrons. The number of hydrogen-bond donors (Lipinski definition) is 3. The second kappa shape index (κ2) is 8.49. The molecule has 0 aliphatic carbocycles. The third-order valence-electron chi connectivity index (χ3n) is 3.85. The van der Waals surface area contributed by atoms with Crippen LogP contribution >= 0.6 is 15.9 Å². The van der Waals surface area contributed by atoms with Crippen LogP contribution in [-0.4, -0.2) is 40.5 Å². The van der Waals surface area contributed by atoms with Crippen LogP contribution in [0.15, 0.2) is 22.7 Å². The lowest BCUT2D eigenvalue weighted by molar-refractivity contribution is 0.0837. The van der Waals surface area contributed by atoms with Crippen LogP contribution < -0.4 is 10.1 Å². The van der Waals surface area contributed by atoms with Gasteiger partial charge in [0.2, 0.25) is 0 Å². The highest BCUT2D eigenvalue weighted by Crippen LogP contribution is 2.25. The number of rotatable bonds is 7. The fourth-order valence-electron chi connectivity index (χ4n) is 2.43. The van der Waals surface area contributed by atoms with Crippen LogP contribution in [0.3, 0.4) is 0 Å². The molecule has 0 saturated carbocycles. The Morgan fingerprint density at radius 1 is 1.36 bits per heavy atom. The number of nitrogens with zero attached hydrogens (tertiary/aromatic N) is 1. The largest absolute Gasteiger partial charge is 0.490 e. The molecule has 0 aliphatic heterocycles. The molecule has 0 fully saturated rings. The molecule has 0 saturated heterocycles. The number of nitrogens with one attached hydrogen (secondary N) is 2. The van der Waals surface area contributed by atoms with Crippen LogP contribution in [0, 0.1) is 13.8 Å². The molecule has 2 aromatic rings. The summed E-state index contributed by atoms with van der Waals surface area (Å²) in [6, 6.07) is 5.87. The van der Waals surface area contributed by atoms with Crippen molar-refractivity contribution in [2.75, 3.05) is 13.2 Å². The van der Waals surface area contributed by atoms with Crippen molar-refractivity contribution in [3.05, 3.63) is 45.2 Å². The van der Waals surface area contributed by atoms with Crippen molar-refractivity contribution >= 4 is 21.8 Å². The molecular weight excluding hydrogens is 386 g/mol. The van der Waals surface area contributed by atoms with E-state index in [-0.39, 0.29) is 30.7 Å². The summed E-state index contributed by atoms with van der Waals surface area (Å²) >= 11 is 3.39. The molecule has 1 heterocycles. The van der Waals surface area contributed by atoms with Gasteiger partial charge >= 0.3 is 0 Å². The molecular formula is C18H24BrN3O3. The van der Waals surface area contributed by atoms with Crippen LogP contribution in [0.4, 0.5) is 0 Å². The maximum absolute atomic E-state index is 12.2. The smallest absolute Gasteiger partial charge is 0.273 e. The lowest BCUT2D eigenvalue weighted by Crippen LogP contribution is -2.35. The van der Waals surface area contributed by atoms with E-state index in [0.717, 1.165) is 22.6 Å². The Balaban J connectivity index is 1.87. The quantitative estimate of drug-likeness (QED) is 0.655. The van der Waals surface area contributed by atoms with E-state index in [0.29, 0.717) is 4.47 Å². The molecule has 0 bridgehead atoms.